The van der Waals surface area contributed by atoms with E-state index in [2.05, 4.69) is 234 Å². The van der Waals surface area contributed by atoms with Gasteiger partial charge in [0.05, 0.1) is 5.69 Å². The second-order valence-corrected chi connectivity index (χ2v) is 18.6. The van der Waals surface area contributed by atoms with Gasteiger partial charge < -0.3 is 14.2 Å². The predicted octanol–water partition coefficient (Wildman–Crippen LogP) is 11.9. The molecule has 1 aliphatic heterocycles. The highest BCUT2D eigenvalue weighted by atomic mass is 28.3. The van der Waals surface area contributed by atoms with Gasteiger partial charge in [0.1, 0.15) is 5.58 Å². The maximum absolute atomic E-state index is 6.77. The number of benzene rings is 9. The van der Waals surface area contributed by atoms with Gasteiger partial charge in [-0.3, -0.25) is 0 Å². The van der Waals surface area contributed by atoms with Crippen LogP contribution in [0.5, 0.6) is 0 Å². The van der Waals surface area contributed by atoms with Gasteiger partial charge in [-0.2, -0.15) is 0 Å². The van der Waals surface area contributed by atoms with Crippen molar-refractivity contribution in [1.29, 1.82) is 0 Å². The third-order valence-corrected chi connectivity index (χ3v) is 16.6. The molecule has 4 heteroatoms. The number of anilines is 6. The van der Waals surface area contributed by atoms with Crippen molar-refractivity contribution in [2.24, 2.45) is 0 Å². The number of furan rings is 1. The van der Waals surface area contributed by atoms with E-state index >= 15 is 0 Å². The van der Waals surface area contributed by atoms with Crippen LogP contribution in [0.25, 0.3) is 33.1 Å². The van der Waals surface area contributed by atoms with Crippen LogP contribution in [0, 0.1) is 0 Å². The molecule has 0 saturated heterocycles. The van der Waals surface area contributed by atoms with E-state index in [1.165, 1.54) is 43.2 Å². The lowest BCUT2D eigenvalue weighted by Crippen LogP contribution is -2.77. The summed E-state index contributed by atoms with van der Waals surface area (Å²) in [5.74, 6) is 0. The topological polar surface area (TPSA) is 19.6 Å². The normalized spacial score (nSPS) is 12.9. The van der Waals surface area contributed by atoms with Gasteiger partial charge in [0.2, 0.25) is 0 Å². The van der Waals surface area contributed by atoms with Gasteiger partial charge in [-0.15, -0.1) is 0 Å². The van der Waals surface area contributed by atoms with Crippen molar-refractivity contribution in [3.05, 3.63) is 231 Å². The Hall–Kier alpha value is -7.40. The quantitative estimate of drug-likeness (QED) is 0.151. The zero-order valence-corrected chi connectivity index (χ0v) is 32.7. The minimum Gasteiger partial charge on any atom is -0.454 e. The molecular formula is C54H38N2OSi. The third-order valence-electron chi connectivity index (χ3n) is 11.7. The van der Waals surface area contributed by atoms with Crippen LogP contribution in [0.2, 0.25) is 0 Å². The van der Waals surface area contributed by atoms with Crippen LogP contribution < -0.4 is 30.5 Å². The minimum absolute atomic E-state index is 0.861. The molecule has 0 aliphatic carbocycles. The molecule has 9 aromatic carbocycles. The first-order valence-corrected chi connectivity index (χ1v) is 21.9. The molecule has 0 atom stereocenters. The number of hydrogen-bond acceptors (Lipinski definition) is 3. The van der Waals surface area contributed by atoms with E-state index in [1.54, 1.807) is 0 Å². The molecule has 2 heterocycles. The average Bonchev–Trinajstić information content (AvgIpc) is 3.69. The van der Waals surface area contributed by atoms with E-state index in [-0.39, 0.29) is 0 Å². The summed E-state index contributed by atoms with van der Waals surface area (Å²) in [7, 11) is -2.95. The van der Waals surface area contributed by atoms with Crippen molar-refractivity contribution in [2.45, 2.75) is 0 Å². The van der Waals surface area contributed by atoms with E-state index in [0.717, 1.165) is 44.7 Å². The van der Waals surface area contributed by atoms with Crippen LogP contribution in [0.15, 0.2) is 235 Å². The lowest BCUT2D eigenvalue weighted by atomic mass is 10.0. The fraction of sp³-hybridized carbons (Fsp3) is 0. The third kappa shape index (κ3) is 5.34. The first-order chi connectivity index (χ1) is 28.8. The van der Waals surface area contributed by atoms with Crippen molar-refractivity contribution < 1.29 is 4.42 Å². The number of rotatable bonds is 7. The lowest BCUT2D eigenvalue weighted by Gasteiger charge is -2.45. The Balaban J connectivity index is 1.22. The molecule has 58 heavy (non-hydrogen) atoms. The SMILES string of the molecule is c1ccc(-c2ccc(N(c3ccc4c(c3)[Si](c3ccccc3)(c3ccccc3)c3ccccc3N4c3ccccc3)c3cccc4c3oc3ccccc34)cc2)cc1. The Labute approximate surface area is 339 Å². The Bertz CT molecular complexity index is 3020. The van der Waals surface area contributed by atoms with Gasteiger partial charge in [0.15, 0.2) is 13.7 Å². The van der Waals surface area contributed by atoms with Gasteiger partial charge >= 0.3 is 0 Å². The van der Waals surface area contributed by atoms with E-state index in [1.807, 2.05) is 6.07 Å². The van der Waals surface area contributed by atoms with Crippen LogP contribution >= 0.6 is 0 Å². The Morgan fingerprint density at radius 2 is 0.948 bits per heavy atom. The summed E-state index contributed by atoms with van der Waals surface area (Å²) in [6.07, 6.45) is 0. The molecule has 1 aromatic heterocycles. The van der Waals surface area contributed by atoms with E-state index in [9.17, 15) is 0 Å². The number of nitrogens with zero attached hydrogens (tertiary/aromatic N) is 2. The summed E-state index contributed by atoms with van der Waals surface area (Å²) in [5, 5.41) is 7.58. The van der Waals surface area contributed by atoms with E-state index in [0.29, 0.717) is 0 Å². The largest absolute Gasteiger partial charge is 0.454 e. The molecule has 0 bridgehead atoms. The van der Waals surface area contributed by atoms with Crippen LogP contribution in [-0.4, -0.2) is 8.07 Å². The molecule has 0 amide bonds. The van der Waals surface area contributed by atoms with Crippen molar-refractivity contribution >= 4 is 84.9 Å². The number of fused-ring (bicyclic) bond motifs is 5. The molecule has 0 fully saturated rings. The fourth-order valence-corrected chi connectivity index (χ4v) is 14.3. The van der Waals surface area contributed by atoms with Crippen molar-refractivity contribution in [3.8, 4) is 11.1 Å². The molecule has 10 aromatic rings. The molecule has 11 rings (SSSR count). The first-order valence-electron chi connectivity index (χ1n) is 19.9. The molecular weight excluding hydrogens is 721 g/mol. The maximum atomic E-state index is 6.77. The van der Waals surface area contributed by atoms with Crippen LogP contribution in [0.1, 0.15) is 0 Å². The van der Waals surface area contributed by atoms with E-state index < -0.39 is 8.07 Å². The van der Waals surface area contributed by atoms with Gasteiger partial charge in [0, 0.05) is 39.2 Å². The van der Waals surface area contributed by atoms with Crippen molar-refractivity contribution in [1.82, 2.24) is 0 Å². The van der Waals surface area contributed by atoms with Gasteiger partial charge in [-0.1, -0.05) is 170 Å². The predicted molar refractivity (Wildman–Crippen MR) is 246 cm³/mol. The highest BCUT2D eigenvalue weighted by molar-refractivity contribution is 7.21. The summed E-state index contributed by atoms with van der Waals surface area (Å²) < 4.78 is 6.77. The van der Waals surface area contributed by atoms with Crippen molar-refractivity contribution in [2.75, 3.05) is 9.80 Å². The number of para-hydroxylation sites is 4. The summed E-state index contributed by atoms with van der Waals surface area (Å²) in [6, 6.07) is 83.9. The minimum atomic E-state index is -2.95. The van der Waals surface area contributed by atoms with Gasteiger partial charge in [-0.25, -0.2) is 0 Å². The first kappa shape index (κ1) is 33.9. The van der Waals surface area contributed by atoms with Crippen LogP contribution in [0.4, 0.5) is 34.1 Å². The second kappa shape index (κ2) is 14.0. The molecule has 0 radical (unpaired) electrons. The van der Waals surface area contributed by atoms with Crippen LogP contribution in [0.3, 0.4) is 0 Å². The summed E-state index contributed by atoms with van der Waals surface area (Å²) >= 11 is 0. The smallest absolute Gasteiger partial charge is 0.184 e. The van der Waals surface area contributed by atoms with Crippen molar-refractivity contribution in [3.63, 3.8) is 0 Å². The molecule has 0 saturated carbocycles. The monoisotopic (exact) mass is 758 g/mol. The summed E-state index contributed by atoms with van der Waals surface area (Å²) in [5.41, 5.74) is 10.7. The Kier molecular flexibility index (Phi) is 8.16. The molecule has 3 nitrogen and oxygen atoms in total. The Morgan fingerprint density at radius 1 is 0.397 bits per heavy atom. The maximum Gasteiger partial charge on any atom is 0.184 e. The van der Waals surface area contributed by atoms with Crippen LogP contribution in [-0.2, 0) is 0 Å². The van der Waals surface area contributed by atoms with Gasteiger partial charge in [0.25, 0.3) is 0 Å². The van der Waals surface area contributed by atoms with Gasteiger partial charge in [-0.05, 0) is 92.5 Å². The molecule has 0 spiro atoms. The molecule has 274 valence electrons. The molecule has 0 unspecified atom stereocenters. The highest BCUT2D eigenvalue weighted by Gasteiger charge is 2.49. The molecule has 0 N–H and O–H groups in total. The summed E-state index contributed by atoms with van der Waals surface area (Å²) in [4.78, 5) is 4.85. The highest BCUT2D eigenvalue weighted by Crippen LogP contribution is 2.45. The Morgan fingerprint density at radius 3 is 1.67 bits per heavy atom. The van der Waals surface area contributed by atoms with E-state index in [4.69, 9.17) is 4.42 Å². The second-order valence-electron chi connectivity index (χ2n) is 14.9. The molecule has 1 aliphatic rings. The fourth-order valence-electron chi connectivity index (χ4n) is 9.21. The summed E-state index contributed by atoms with van der Waals surface area (Å²) in [6.45, 7) is 0. The number of hydrogen-bond donors (Lipinski definition) is 0. The standard InChI is InChI=1S/C54H38N2OSi/c1-5-18-39(19-6-1)40-32-34-42(35-33-40)55(50-29-17-27-47-46-26-13-15-30-51(46)57-54(47)50)43-36-37-49-53(38-43)58(44-22-9-3-10-23-44,45-24-11-4-12-25-45)52-31-16-14-28-48(52)56(49)41-20-7-2-8-21-41/h1-38H. The average molecular weight is 759 g/mol. The zero-order valence-electron chi connectivity index (χ0n) is 31.7. The zero-order chi connectivity index (χ0) is 38.5. The lowest BCUT2D eigenvalue weighted by molar-refractivity contribution is 0.669.